The molecular weight excluding hydrogens is 412 g/mol. The molecule has 0 spiro atoms. The van der Waals surface area contributed by atoms with E-state index in [2.05, 4.69) is 41.3 Å². The largest absolute Gasteiger partial charge is 0.493 e. The molecule has 0 bridgehead atoms. The molecule has 1 fully saturated rings. The molecular formula is C24H32N2O4S. The van der Waals surface area contributed by atoms with Gasteiger partial charge in [-0.25, -0.2) is 12.7 Å². The van der Waals surface area contributed by atoms with E-state index in [0.29, 0.717) is 31.4 Å². The summed E-state index contributed by atoms with van der Waals surface area (Å²) in [5.41, 5.74) is 4.75. The second-order valence-electron chi connectivity index (χ2n) is 8.88. The lowest BCUT2D eigenvalue weighted by molar-refractivity contribution is 0.168. The molecule has 4 rings (SSSR count). The second-order valence-corrected chi connectivity index (χ2v) is 10.9. The zero-order chi connectivity index (χ0) is 22.0. The van der Waals surface area contributed by atoms with Crippen LogP contribution in [0.15, 0.2) is 42.5 Å². The predicted molar refractivity (Wildman–Crippen MR) is 121 cm³/mol. The van der Waals surface area contributed by atoms with Crippen LogP contribution < -0.4 is 4.74 Å². The monoisotopic (exact) mass is 444 g/mol. The first-order chi connectivity index (χ1) is 14.8. The van der Waals surface area contributed by atoms with Crippen molar-refractivity contribution in [3.63, 3.8) is 0 Å². The molecule has 6 nitrogen and oxygen atoms in total. The highest BCUT2D eigenvalue weighted by molar-refractivity contribution is 7.88. The van der Waals surface area contributed by atoms with Gasteiger partial charge in [0.1, 0.15) is 5.75 Å². The summed E-state index contributed by atoms with van der Waals surface area (Å²) < 4.78 is 31.0. The molecule has 2 heterocycles. The Kier molecular flexibility index (Phi) is 6.67. The maximum atomic E-state index is 11.7. The third-order valence-electron chi connectivity index (χ3n) is 6.35. The van der Waals surface area contributed by atoms with E-state index in [-0.39, 0.29) is 0 Å². The highest BCUT2D eigenvalue weighted by Gasteiger charge is 2.25. The molecule has 31 heavy (non-hydrogen) atoms. The van der Waals surface area contributed by atoms with Gasteiger partial charge in [-0.3, -0.25) is 4.90 Å². The first-order valence-corrected chi connectivity index (χ1v) is 12.8. The summed E-state index contributed by atoms with van der Waals surface area (Å²) >= 11 is 0. The molecule has 1 atom stereocenters. The standard InChI is InChI=1S/C24H32N2O4S/c1-18(27)23-13-20(14-25-15-21-5-3-4-6-22(21)16-25)7-8-24(23)30-17-19-9-11-26(12-10-19)31(2,28)29/h3-8,13,18-19,27H,9-12,14-17H2,1-2H3. The van der Waals surface area contributed by atoms with Gasteiger partial charge in [-0.05, 0) is 54.5 Å². The van der Waals surface area contributed by atoms with E-state index in [1.165, 1.54) is 21.7 Å². The zero-order valence-corrected chi connectivity index (χ0v) is 19.1. The maximum Gasteiger partial charge on any atom is 0.211 e. The SMILES string of the molecule is CC(O)c1cc(CN2Cc3ccccc3C2)ccc1OCC1CCN(S(C)(=O)=O)CC1. The summed E-state index contributed by atoms with van der Waals surface area (Å²) in [6, 6.07) is 14.6. The summed E-state index contributed by atoms with van der Waals surface area (Å²) in [6.45, 7) is 6.13. The first-order valence-electron chi connectivity index (χ1n) is 11.0. The number of aliphatic hydroxyl groups is 1. The Balaban J connectivity index is 1.36. The number of rotatable bonds is 7. The quantitative estimate of drug-likeness (QED) is 0.710. The van der Waals surface area contributed by atoms with E-state index in [9.17, 15) is 13.5 Å². The molecule has 1 unspecified atom stereocenters. The molecule has 0 amide bonds. The number of hydrogen-bond acceptors (Lipinski definition) is 5. The summed E-state index contributed by atoms with van der Waals surface area (Å²) in [4.78, 5) is 2.40. The van der Waals surface area contributed by atoms with Crippen LogP contribution in [-0.4, -0.2) is 48.7 Å². The van der Waals surface area contributed by atoms with Crippen molar-refractivity contribution in [2.24, 2.45) is 5.92 Å². The van der Waals surface area contributed by atoms with Crippen molar-refractivity contribution in [3.05, 3.63) is 64.7 Å². The minimum absolute atomic E-state index is 0.322. The van der Waals surface area contributed by atoms with Crippen molar-refractivity contribution in [2.75, 3.05) is 26.0 Å². The fourth-order valence-corrected chi connectivity index (χ4v) is 5.42. The van der Waals surface area contributed by atoms with Gasteiger partial charge in [0.15, 0.2) is 0 Å². The Morgan fingerprint density at radius 1 is 1.10 bits per heavy atom. The van der Waals surface area contributed by atoms with Crippen LogP contribution >= 0.6 is 0 Å². The number of piperidine rings is 1. The Hall–Kier alpha value is -1.93. The van der Waals surface area contributed by atoms with Crippen molar-refractivity contribution in [1.82, 2.24) is 9.21 Å². The number of hydrogen-bond donors (Lipinski definition) is 1. The highest BCUT2D eigenvalue weighted by Crippen LogP contribution is 2.30. The van der Waals surface area contributed by atoms with Crippen molar-refractivity contribution < 1.29 is 18.3 Å². The smallest absolute Gasteiger partial charge is 0.211 e. The van der Waals surface area contributed by atoms with Crippen LogP contribution in [0.25, 0.3) is 0 Å². The molecule has 2 aliphatic heterocycles. The predicted octanol–water partition coefficient (Wildman–Crippen LogP) is 3.31. The van der Waals surface area contributed by atoms with E-state index in [1.54, 1.807) is 6.92 Å². The molecule has 1 saturated heterocycles. The summed E-state index contributed by atoms with van der Waals surface area (Å²) in [7, 11) is -3.11. The van der Waals surface area contributed by atoms with E-state index >= 15 is 0 Å². The first kappa shape index (κ1) is 22.3. The maximum absolute atomic E-state index is 11.7. The fraction of sp³-hybridized carbons (Fsp3) is 0.500. The van der Waals surface area contributed by atoms with Crippen LogP contribution in [0.2, 0.25) is 0 Å². The van der Waals surface area contributed by atoms with Gasteiger partial charge in [0.05, 0.1) is 19.0 Å². The number of benzene rings is 2. The van der Waals surface area contributed by atoms with Gasteiger partial charge in [-0.1, -0.05) is 30.3 Å². The van der Waals surface area contributed by atoms with Crippen LogP contribution in [0, 0.1) is 5.92 Å². The lowest BCUT2D eigenvalue weighted by Gasteiger charge is -2.30. The molecule has 0 saturated carbocycles. The van der Waals surface area contributed by atoms with Crippen molar-refractivity contribution >= 4 is 10.0 Å². The fourth-order valence-electron chi connectivity index (χ4n) is 4.54. The van der Waals surface area contributed by atoms with E-state index < -0.39 is 16.1 Å². The number of sulfonamides is 1. The van der Waals surface area contributed by atoms with Crippen LogP contribution in [-0.2, 0) is 29.7 Å². The van der Waals surface area contributed by atoms with Gasteiger partial charge in [-0.2, -0.15) is 0 Å². The normalized spacial score (nSPS) is 19.3. The van der Waals surface area contributed by atoms with Crippen molar-refractivity contribution in [3.8, 4) is 5.75 Å². The Morgan fingerprint density at radius 2 is 1.74 bits per heavy atom. The van der Waals surface area contributed by atoms with Crippen LogP contribution in [0.3, 0.4) is 0 Å². The van der Waals surface area contributed by atoms with E-state index in [1.807, 2.05) is 6.07 Å². The molecule has 2 aliphatic rings. The minimum Gasteiger partial charge on any atom is -0.493 e. The van der Waals surface area contributed by atoms with Gasteiger partial charge >= 0.3 is 0 Å². The molecule has 1 N–H and O–H groups in total. The second kappa shape index (κ2) is 9.28. The van der Waals surface area contributed by atoms with Crippen molar-refractivity contribution in [1.29, 1.82) is 0 Å². The third-order valence-corrected chi connectivity index (χ3v) is 7.66. The van der Waals surface area contributed by atoms with Crippen LogP contribution in [0.4, 0.5) is 0 Å². The average molecular weight is 445 g/mol. The number of ether oxygens (including phenoxy) is 1. The van der Waals surface area contributed by atoms with Crippen molar-refractivity contribution in [2.45, 2.75) is 45.5 Å². The third kappa shape index (κ3) is 5.47. The molecule has 7 heteroatoms. The molecule has 2 aromatic carbocycles. The Bertz CT molecular complexity index is 989. The molecule has 2 aromatic rings. The number of fused-ring (bicyclic) bond motifs is 1. The summed E-state index contributed by atoms with van der Waals surface area (Å²) in [5.74, 6) is 1.04. The van der Waals surface area contributed by atoms with Gasteiger partial charge < -0.3 is 9.84 Å². The zero-order valence-electron chi connectivity index (χ0n) is 18.3. The van der Waals surface area contributed by atoms with Gasteiger partial charge in [-0.15, -0.1) is 0 Å². The van der Waals surface area contributed by atoms with Gasteiger partial charge in [0, 0.05) is 38.3 Å². The van der Waals surface area contributed by atoms with Gasteiger partial charge in [0.25, 0.3) is 0 Å². The minimum atomic E-state index is -3.11. The van der Waals surface area contributed by atoms with Gasteiger partial charge in [0.2, 0.25) is 10.0 Å². The average Bonchev–Trinajstić information content (AvgIpc) is 3.14. The summed E-state index contributed by atoms with van der Waals surface area (Å²) in [6.07, 6.45) is 2.24. The molecule has 0 aliphatic carbocycles. The molecule has 0 radical (unpaired) electrons. The van der Waals surface area contributed by atoms with E-state index in [0.717, 1.165) is 43.6 Å². The Morgan fingerprint density at radius 3 is 2.32 bits per heavy atom. The topological polar surface area (TPSA) is 70.1 Å². The highest BCUT2D eigenvalue weighted by atomic mass is 32.2. The van der Waals surface area contributed by atoms with Crippen LogP contribution in [0.1, 0.15) is 48.1 Å². The lowest BCUT2D eigenvalue weighted by atomic mass is 9.99. The van der Waals surface area contributed by atoms with E-state index in [4.69, 9.17) is 4.74 Å². The number of nitrogens with zero attached hydrogens (tertiary/aromatic N) is 2. The molecule has 0 aromatic heterocycles. The lowest BCUT2D eigenvalue weighted by Crippen LogP contribution is -2.39. The summed E-state index contributed by atoms with van der Waals surface area (Å²) in [5, 5.41) is 10.3. The Labute approximate surface area is 185 Å². The number of aliphatic hydroxyl groups excluding tert-OH is 1. The molecule has 168 valence electrons. The van der Waals surface area contributed by atoms with Crippen LogP contribution in [0.5, 0.6) is 5.75 Å².